The molecule has 2 aliphatic rings. The van der Waals surface area contributed by atoms with Crippen LogP contribution in [0.25, 0.3) is 22.0 Å². The fourth-order valence-electron chi connectivity index (χ4n) is 4.69. The lowest BCUT2D eigenvalue weighted by molar-refractivity contribution is -0.176. The molecule has 37 heavy (non-hydrogen) atoms. The summed E-state index contributed by atoms with van der Waals surface area (Å²) in [4.78, 5) is 35.4. The van der Waals surface area contributed by atoms with Crippen molar-refractivity contribution in [1.29, 1.82) is 0 Å². The van der Waals surface area contributed by atoms with Crippen molar-refractivity contribution in [1.82, 2.24) is 14.9 Å². The maximum atomic E-state index is 13.3. The Morgan fingerprint density at radius 2 is 1.68 bits per heavy atom. The summed E-state index contributed by atoms with van der Waals surface area (Å²) in [7, 11) is 0. The summed E-state index contributed by atoms with van der Waals surface area (Å²) < 4.78 is 23.0. The number of nitrogens with two attached hydrogens (primary N) is 1. The fraction of sp³-hybridized carbons (Fsp3) is 0.407. The number of amides is 2. The molecule has 2 aliphatic heterocycles. The maximum absolute atomic E-state index is 13.3. The number of aromatic nitrogens is 2. The number of hydrogen-bond acceptors (Lipinski definition) is 8. The van der Waals surface area contributed by atoms with Crippen molar-refractivity contribution in [2.75, 3.05) is 52.7 Å². The molecule has 0 radical (unpaired) electrons. The Bertz CT molecular complexity index is 1250. The zero-order valence-electron chi connectivity index (χ0n) is 20.6. The number of morpholine rings is 1. The van der Waals surface area contributed by atoms with E-state index >= 15 is 0 Å². The van der Waals surface area contributed by atoms with Crippen LogP contribution in [0.5, 0.6) is 5.75 Å². The van der Waals surface area contributed by atoms with Crippen molar-refractivity contribution in [2.45, 2.75) is 18.4 Å². The second-order valence-corrected chi connectivity index (χ2v) is 9.05. The molecule has 2 aromatic heterocycles. The molecule has 194 valence electrons. The van der Waals surface area contributed by atoms with Gasteiger partial charge in [-0.1, -0.05) is 12.1 Å². The Morgan fingerprint density at radius 3 is 2.41 bits per heavy atom. The summed E-state index contributed by atoms with van der Waals surface area (Å²) in [5.41, 5.74) is 7.06. The van der Waals surface area contributed by atoms with Gasteiger partial charge in [0, 0.05) is 62.5 Å². The normalized spacial score (nSPS) is 17.5. The molecule has 0 spiro atoms. The van der Waals surface area contributed by atoms with Crippen LogP contribution in [-0.2, 0) is 19.0 Å². The SMILES string of the molecule is NC(=O)c1ccc2cncc(-c3ccc(OCCOC4(C(=O)N5CCOCC5)CCOCC4)cc3)c2n1. The first-order chi connectivity index (χ1) is 18.1. The lowest BCUT2D eigenvalue weighted by atomic mass is 9.92. The van der Waals surface area contributed by atoms with E-state index in [1.54, 1.807) is 24.5 Å². The van der Waals surface area contributed by atoms with E-state index in [4.69, 9.17) is 24.7 Å². The van der Waals surface area contributed by atoms with Gasteiger partial charge in [-0.25, -0.2) is 4.98 Å². The lowest BCUT2D eigenvalue weighted by Gasteiger charge is -2.40. The molecule has 0 aliphatic carbocycles. The van der Waals surface area contributed by atoms with Crippen LogP contribution < -0.4 is 10.5 Å². The van der Waals surface area contributed by atoms with Crippen molar-refractivity contribution >= 4 is 22.7 Å². The van der Waals surface area contributed by atoms with Crippen LogP contribution >= 0.6 is 0 Å². The number of primary amides is 1. The van der Waals surface area contributed by atoms with Gasteiger partial charge in [0.2, 0.25) is 0 Å². The molecule has 4 heterocycles. The van der Waals surface area contributed by atoms with Crippen LogP contribution in [0, 0.1) is 0 Å². The molecule has 3 aromatic rings. The molecule has 1 aromatic carbocycles. The first-order valence-electron chi connectivity index (χ1n) is 12.4. The van der Waals surface area contributed by atoms with Crippen molar-refractivity contribution in [3.8, 4) is 16.9 Å². The van der Waals surface area contributed by atoms with Crippen molar-refractivity contribution in [3.63, 3.8) is 0 Å². The van der Waals surface area contributed by atoms with E-state index in [2.05, 4.69) is 9.97 Å². The van der Waals surface area contributed by atoms with E-state index in [1.807, 2.05) is 29.2 Å². The molecule has 0 saturated carbocycles. The topological polar surface area (TPSA) is 126 Å². The quantitative estimate of drug-likeness (QED) is 0.461. The summed E-state index contributed by atoms with van der Waals surface area (Å²) in [6.45, 7) is 3.85. The summed E-state index contributed by atoms with van der Waals surface area (Å²) >= 11 is 0. The third-order valence-electron chi connectivity index (χ3n) is 6.74. The average molecular weight is 507 g/mol. The Hall–Kier alpha value is -3.60. The van der Waals surface area contributed by atoms with Gasteiger partial charge in [0.25, 0.3) is 11.8 Å². The Balaban J connectivity index is 1.22. The molecule has 2 N–H and O–H groups in total. The molecule has 0 unspecified atom stereocenters. The number of nitrogens with zero attached hydrogens (tertiary/aromatic N) is 3. The van der Waals surface area contributed by atoms with Crippen molar-refractivity contribution < 1.29 is 28.5 Å². The van der Waals surface area contributed by atoms with E-state index in [9.17, 15) is 9.59 Å². The van der Waals surface area contributed by atoms with Crippen LogP contribution in [0.2, 0.25) is 0 Å². The van der Waals surface area contributed by atoms with Gasteiger partial charge in [-0.3, -0.25) is 14.6 Å². The van der Waals surface area contributed by atoms with Gasteiger partial charge in [0.15, 0.2) is 5.60 Å². The molecule has 0 bridgehead atoms. The highest BCUT2D eigenvalue weighted by molar-refractivity contribution is 5.97. The molecule has 2 amide bonds. The largest absolute Gasteiger partial charge is 0.491 e. The molecular formula is C27H30N4O6. The number of hydrogen-bond donors (Lipinski definition) is 1. The minimum absolute atomic E-state index is 0.0141. The van der Waals surface area contributed by atoms with Gasteiger partial charge < -0.3 is 29.6 Å². The van der Waals surface area contributed by atoms with Crippen LogP contribution in [0.15, 0.2) is 48.8 Å². The molecule has 0 atom stereocenters. The highest BCUT2D eigenvalue weighted by atomic mass is 16.5. The number of carbonyl (C=O) groups is 2. The Labute approximate surface area is 214 Å². The second-order valence-electron chi connectivity index (χ2n) is 9.05. The first kappa shape index (κ1) is 25.1. The second kappa shape index (κ2) is 11.2. The third-order valence-corrected chi connectivity index (χ3v) is 6.74. The summed E-state index contributed by atoms with van der Waals surface area (Å²) in [5.74, 6) is 0.108. The lowest BCUT2D eigenvalue weighted by Crippen LogP contribution is -2.56. The highest BCUT2D eigenvalue weighted by Gasteiger charge is 2.44. The van der Waals surface area contributed by atoms with Crippen molar-refractivity contribution in [3.05, 3.63) is 54.5 Å². The van der Waals surface area contributed by atoms with E-state index in [1.165, 1.54) is 0 Å². The minimum Gasteiger partial charge on any atom is -0.491 e. The van der Waals surface area contributed by atoms with Crippen molar-refractivity contribution in [2.24, 2.45) is 5.73 Å². The van der Waals surface area contributed by atoms with E-state index in [0.717, 1.165) is 16.5 Å². The molecular weight excluding hydrogens is 476 g/mol. The van der Waals surface area contributed by atoms with Gasteiger partial charge in [-0.2, -0.15) is 0 Å². The maximum Gasteiger partial charge on any atom is 0.267 e. The van der Waals surface area contributed by atoms with E-state index in [-0.39, 0.29) is 18.2 Å². The van der Waals surface area contributed by atoms with Crippen LogP contribution in [-0.4, -0.2) is 85.0 Å². The van der Waals surface area contributed by atoms with E-state index < -0.39 is 11.5 Å². The number of fused-ring (bicyclic) bond motifs is 1. The van der Waals surface area contributed by atoms with Gasteiger partial charge in [0.05, 0.1) is 25.3 Å². The van der Waals surface area contributed by atoms with Gasteiger partial charge >= 0.3 is 0 Å². The number of benzene rings is 1. The predicted octanol–water partition coefficient (Wildman–Crippen LogP) is 2.20. The molecule has 2 saturated heterocycles. The third kappa shape index (κ3) is 5.56. The zero-order valence-corrected chi connectivity index (χ0v) is 20.6. The smallest absolute Gasteiger partial charge is 0.267 e. The standard InChI is InChI=1S/C27H30N4O6/c28-25(32)23-6-3-20-17-29-18-22(24(20)30-23)19-1-4-21(5-2-19)36-15-16-37-27(7-11-34-12-8-27)26(33)31-9-13-35-14-10-31/h1-6,17-18H,7-16H2,(H2,28,32). The first-order valence-corrected chi connectivity index (χ1v) is 12.4. The number of ether oxygens (including phenoxy) is 4. The molecule has 10 nitrogen and oxygen atoms in total. The van der Waals surface area contributed by atoms with Crippen LogP contribution in [0.4, 0.5) is 0 Å². The highest BCUT2D eigenvalue weighted by Crippen LogP contribution is 2.30. The molecule has 5 rings (SSSR count). The van der Waals surface area contributed by atoms with Gasteiger partial charge in [-0.15, -0.1) is 0 Å². The predicted molar refractivity (Wildman–Crippen MR) is 135 cm³/mol. The molecule has 2 fully saturated rings. The minimum atomic E-state index is -0.874. The number of rotatable bonds is 8. The van der Waals surface area contributed by atoms with Gasteiger partial charge in [0.1, 0.15) is 18.1 Å². The van der Waals surface area contributed by atoms with Gasteiger partial charge in [-0.05, 0) is 29.8 Å². The number of carbonyl (C=O) groups excluding carboxylic acids is 2. The average Bonchev–Trinajstić information content (AvgIpc) is 2.95. The summed E-state index contributed by atoms with van der Waals surface area (Å²) in [5, 5.41) is 0.814. The summed E-state index contributed by atoms with van der Waals surface area (Å²) in [6.07, 6.45) is 4.47. The fourth-order valence-corrected chi connectivity index (χ4v) is 4.69. The Kier molecular flexibility index (Phi) is 7.59. The summed E-state index contributed by atoms with van der Waals surface area (Å²) in [6, 6.07) is 10.9. The monoisotopic (exact) mass is 506 g/mol. The Morgan fingerprint density at radius 1 is 0.946 bits per heavy atom. The van der Waals surface area contributed by atoms with Crippen LogP contribution in [0.1, 0.15) is 23.3 Å². The zero-order chi connectivity index (χ0) is 25.7. The number of pyridine rings is 2. The van der Waals surface area contributed by atoms with E-state index in [0.29, 0.717) is 70.2 Å². The molecule has 10 heteroatoms. The van der Waals surface area contributed by atoms with Crippen LogP contribution in [0.3, 0.4) is 0 Å².